The number of hydrogen-bond donors (Lipinski definition) is 1. The first-order valence-corrected chi connectivity index (χ1v) is 9.92. The lowest BCUT2D eigenvalue weighted by Crippen LogP contribution is -2.24. The number of anilines is 1. The van der Waals surface area contributed by atoms with Crippen LogP contribution in [0.4, 0.5) is 5.69 Å². The zero-order chi connectivity index (χ0) is 20.7. The average Bonchev–Trinajstić information content (AvgIpc) is 2.66. The molecule has 0 saturated carbocycles. The van der Waals surface area contributed by atoms with Crippen molar-refractivity contribution in [2.75, 3.05) is 25.3 Å². The van der Waals surface area contributed by atoms with E-state index in [1.54, 1.807) is 30.3 Å². The number of ether oxygens (including phenoxy) is 2. The Bertz CT molecular complexity index is 950. The molecule has 0 spiro atoms. The Labute approximate surface area is 162 Å². The normalized spacial score (nSPS) is 10.8. The van der Waals surface area contributed by atoms with Gasteiger partial charge in [-0.3, -0.25) is 4.79 Å². The Morgan fingerprint density at radius 2 is 1.43 bits per heavy atom. The van der Waals surface area contributed by atoms with E-state index >= 15 is 0 Å². The number of sulfone groups is 1. The van der Waals surface area contributed by atoms with Crippen LogP contribution in [-0.2, 0) is 29.9 Å². The minimum absolute atomic E-state index is 0.00726. The molecule has 1 amide bonds. The fourth-order valence-corrected chi connectivity index (χ4v) is 3.72. The van der Waals surface area contributed by atoms with Crippen LogP contribution in [0.1, 0.15) is 26.3 Å². The Hall–Kier alpha value is -3.20. The van der Waals surface area contributed by atoms with E-state index in [0.717, 1.165) is 0 Å². The fraction of sp³-hybridized carbons (Fsp3) is 0.211. The minimum Gasteiger partial charge on any atom is -0.465 e. The maximum absolute atomic E-state index is 12.2. The van der Waals surface area contributed by atoms with Gasteiger partial charge in [-0.25, -0.2) is 18.0 Å². The van der Waals surface area contributed by atoms with Gasteiger partial charge in [0, 0.05) is 5.69 Å². The average molecular weight is 405 g/mol. The van der Waals surface area contributed by atoms with E-state index in [-0.39, 0.29) is 22.6 Å². The largest absolute Gasteiger partial charge is 0.465 e. The number of rotatable bonds is 7. The van der Waals surface area contributed by atoms with Crippen LogP contribution in [0, 0.1) is 0 Å². The van der Waals surface area contributed by atoms with Crippen molar-refractivity contribution in [3.05, 3.63) is 65.2 Å². The summed E-state index contributed by atoms with van der Waals surface area (Å²) in [6.07, 6.45) is 0. The third kappa shape index (κ3) is 5.92. The monoisotopic (exact) mass is 405 g/mol. The first kappa shape index (κ1) is 21.1. The van der Waals surface area contributed by atoms with Crippen molar-refractivity contribution in [1.29, 1.82) is 0 Å². The molecule has 9 heteroatoms. The number of esters is 2. The van der Waals surface area contributed by atoms with Gasteiger partial charge in [0.25, 0.3) is 0 Å². The van der Waals surface area contributed by atoms with Gasteiger partial charge in [-0.1, -0.05) is 30.3 Å². The van der Waals surface area contributed by atoms with Crippen molar-refractivity contribution < 1.29 is 32.3 Å². The molecule has 0 aromatic heterocycles. The maximum atomic E-state index is 12.2. The summed E-state index contributed by atoms with van der Waals surface area (Å²) < 4.78 is 33.7. The van der Waals surface area contributed by atoms with Crippen molar-refractivity contribution >= 4 is 33.4 Å². The van der Waals surface area contributed by atoms with Crippen molar-refractivity contribution in [2.45, 2.75) is 5.75 Å². The summed E-state index contributed by atoms with van der Waals surface area (Å²) in [6.45, 7) is 0. The number of hydrogen-bond acceptors (Lipinski definition) is 7. The SMILES string of the molecule is COC(=O)c1cc(NC(=O)CS(=O)(=O)Cc2ccccc2)cc(C(=O)OC)c1. The summed E-state index contributed by atoms with van der Waals surface area (Å²) in [5, 5.41) is 2.39. The molecule has 0 radical (unpaired) electrons. The number of benzene rings is 2. The van der Waals surface area contributed by atoms with Gasteiger partial charge in [-0.2, -0.15) is 0 Å². The number of amides is 1. The molecule has 0 heterocycles. The van der Waals surface area contributed by atoms with Crippen molar-refractivity contribution in [2.24, 2.45) is 0 Å². The minimum atomic E-state index is -3.71. The third-order valence-corrected chi connectivity index (χ3v) is 5.11. The van der Waals surface area contributed by atoms with Gasteiger partial charge in [0.2, 0.25) is 5.91 Å². The maximum Gasteiger partial charge on any atom is 0.337 e. The number of methoxy groups -OCH3 is 2. The molecule has 0 aliphatic rings. The molecule has 0 bridgehead atoms. The van der Waals surface area contributed by atoms with Gasteiger partial charge in [-0.15, -0.1) is 0 Å². The van der Waals surface area contributed by atoms with Crippen LogP contribution in [0.25, 0.3) is 0 Å². The van der Waals surface area contributed by atoms with E-state index in [0.29, 0.717) is 5.56 Å². The van der Waals surface area contributed by atoms with E-state index in [1.807, 2.05) is 0 Å². The predicted molar refractivity (Wildman–Crippen MR) is 102 cm³/mol. The zero-order valence-electron chi connectivity index (χ0n) is 15.3. The van der Waals surface area contributed by atoms with Gasteiger partial charge in [0.15, 0.2) is 9.84 Å². The first-order chi connectivity index (χ1) is 13.2. The highest BCUT2D eigenvalue weighted by molar-refractivity contribution is 7.91. The molecule has 2 aromatic rings. The smallest absolute Gasteiger partial charge is 0.337 e. The second-order valence-electron chi connectivity index (χ2n) is 5.85. The summed E-state index contributed by atoms with van der Waals surface area (Å²) in [4.78, 5) is 35.7. The van der Waals surface area contributed by atoms with E-state index in [1.165, 1.54) is 32.4 Å². The molecule has 0 unspecified atom stereocenters. The van der Waals surface area contributed by atoms with Gasteiger partial charge < -0.3 is 14.8 Å². The molecule has 8 nitrogen and oxygen atoms in total. The molecule has 28 heavy (non-hydrogen) atoms. The summed E-state index contributed by atoms with van der Waals surface area (Å²) in [6, 6.07) is 12.3. The Kier molecular flexibility index (Phi) is 6.89. The van der Waals surface area contributed by atoms with E-state index < -0.39 is 33.4 Å². The van der Waals surface area contributed by atoms with Gasteiger partial charge in [-0.05, 0) is 23.8 Å². The van der Waals surface area contributed by atoms with Gasteiger partial charge >= 0.3 is 11.9 Å². The molecule has 148 valence electrons. The van der Waals surface area contributed by atoms with Crippen LogP contribution >= 0.6 is 0 Å². The second kappa shape index (κ2) is 9.14. The van der Waals surface area contributed by atoms with Crippen LogP contribution in [0.3, 0.4) is 0 Å². The molecular formula is C19H19NO7S. The second-order valence-corrected chi connectivity index (χ2v) is 7.91. The lowest BCUT2D eigenvalue weighted by molar-refractivity contribution is -0.113. The van der Waals surface area contributed by atoms with Gasteiger partial charge in [0.05, 0.1) is 31.1 Å². The number of nitrogens with one attached hydrogen (secondary N) is 1. The molecule has 0 aliphatic heterocycles. The zero-order valence-corrected chi connectivity index (χ0v) is 16.1. The lowest BCUT2D eigenvalue weighted by Gasteiger charge is -2.10. The highest BCUT2D eigenvalue weighted by Gasteiger charge is 2.19. The highest BCUT2D eigenvalue weighted by Crippen LogP contribution is 2.17. The van der Waals surface area contributed by atoms with Crippen molar-refractivity contribution in [3.63, 3.8) is 0 Å². The first-order valence-electron chi connectivity index (χ1n) is 8.10. The topological polar surface area (TPSA) is 116 Å². The summed E-state index contributed by atoms with van der Waals surface area (Å²) >= 11 is 0. The number of carbonyl (C=O) groups is 3. The van der Waals surface area contributed by atoms with Crippen LogP contribution < -0.4 is 5.32 Å². The van der Waals surface area contributed by atoms with E-state index in [9.17, 15) is 22.8 Å². The third-order valence-electron chi connectivity index (χ3n) is 3.64. The van der Waals surface area contributed by atoms with Gasteiger partial charge in [0.1, 0.15) is 5.75 Å². The fourth-order valence-electron chi connectivity index (χ4n) is 2.45. The molecule has 0 aliphatic carbocycles. The van der Waals surface area contributed by atoms with E-state index in [4.69, 9.17) is 0 Å². The standard InChI is InChI=1S/C19H19NO7S/c1-26-18(22)14-8-15(19(23)27-2)10-16(9-14)20-17(21)12-28(24,25)11-13-6-4-3-5-7-13/h3-10H,11-12H2,1-2H3,(H,20,21). The van der Waals surface area contributed by atoms with Crippen LogP contribution in [0.15, 0.2) is 48.5 Å². The molecule has 1 N–H and O–H groups in total. The van der Waals surface area contributed by atoms with Crippen LogP contribution in [0.5, 0.6) is 0 Å². The summed E-state index contributed by atoms with van der Waals surface area (Å²) in [5.74, 6) is -3.28. The van der Waals surface area contributed by atoms with Crippen molar-refractivity contribution in [1.82, 2.24) is 0 Å². The summed E-state index contributed by atoms with van der Waals surface area (Å²) in [7, 11) is -1.38. The molecular weight excluding hydrogens is 386 g/mol. The highest BCUT2D eigenvalue weighted by atomic mass is 32.2. The van der Waals surface area contributed by atoms with E-state index in [2.05, 4.69) is 14.8 Å². The number of carbonyl (C=O) groups excluding carboxylic acids is 3. The molecule has 2 rings (SSSR count). The molecule has 0 fully saturated rings. The quantitative estimate of drug-likeness (QED) is 0.699. The van der Waals surface area contributed by atoms with Crippen LogP contribution in [-0.4, -0.2) is 46.2 Å². The lowest BCUT2D eigenvalue weighted by atomic mass is 10.1. The predicted octanol–water partition coefficient (Wildman–Crippen LogP) is 1.81. The Balaban J connectivity index is 2.18. The molecule has 0 atom stereocenters. The molecule has 0 saturated heterocycles. The summed E-state index contributed by atoms with van der Waals surface area (Å²) in [5.41, 5.74) is 0.653. The Morgan fingerprint density at radius 3 is 1.93 bits per heavy atom. The molecule has 2 aromatic carbocycles. The van der Waals surface area contributed by atoms with Crippen LogP contribution in [0.2, 0.25) is 0 Å². The van der Waals surface area contributed by atoms with Crippen molar-refractivity contribution in [3.8, 4) is 0 Å². The Morgan fingerprint density at radius 1 is 0.893 bits per heavy atom.